The minimum Gasteiger partial charge on any atom is -0.341 e. The molecule has 3 N–H and O–H groups in total. The van der Waals surface area contributed by atoms with Crippen molar-refractivity contribution in [1.82, 2.24) is 20.9 Å². The number of piperidine rings is 1. The zero-order chi connectivity index (χ0) is 14.3. The Kier molecular flexibility index (Phi) is 6.80. The summed E-state index contributed by atoms with van der Waals surface area (Å²) in [6.45, 7) is 8.19. The first kappa shape index (κ1) is 15.9. The molecule has 1 fully saturated rings. The topological polar surface area (TPSA) is 73.5 Å². The summed E-state index contributed by atoms with van der Waals surface area (Å²) in [6.07, 6.45) is 2.34. The Bertz CT molecular complexity index is 301. The van der Waals surface area contributed by atoms with E-state index in [2.05, 4.69) is 27.8 Å². The van der Waals surface area contributed by atoms with Crippen LogP contribution in [0.25, 0.3) is 0 Å². The molecule has 110 valence electrons. The van der Waals surface area contributed by atoms with Gasteiger partial charge in [-0.05, 0) is 51.9 Å². The molecule has 0 aromatic rings. The van der Waals surface area contributed by atoms with E-state index in [1.807, 2.05) is 0 Å². The van der Waals surface area contributed by atoms with Crippen molar-refractivity contribution in [3.63, 3.8) is 0 Å². The summed E-state index contributed by atoms with van der Waals surface area (Å²) in [5.41, 5.74) is 0. The highest BCUT2D eigenvalue weighted by Crippen LogP contribution is 2.15. The molecule has 0 aromatic heterocycles. The second-order valence-corrected chi connectivity index (χ2v) is 5.08. The predicted octanol–water partition coefficient (Wildman–Crippen LogP) is 0.152. The highest BCUT2D eigenvalue weighted by molar-refractivity contribution is 5.96. The molecule has 1 unspecified atom stereocenters. The second-order valence-electron chi connectivity index (χ2n) is 5.08. The lowest BCUT2D eigenvalue weighted by Crippen LogP contribution is -2.48. The van der Waals surface area contributed by atoms with Gasteiger partial charge in [0, 0.05) is 7.05 Å². The van der Waals surface area contributed by atoms with E-state index in [-0.39, 0.29) is 11.9 Å². The van der Waals surface area contributed by atoms with Gasteiger partial charge in [-0.3, -0.25) is 10.1 Å². The highest BCUT2D eigenvalue weighted by Gasteiger charge is 2.20. The van der Waals surface area contributed by atoms with E-state index < -0.39 is 6.03 Å². The number of imide groups is 1. The zero-order valence-electron chi connectivity index (χ0n) is 12.2. The Labute approximate surface area is 115 Å². The van der Waals surface area contributed by atoms with Crippen molar-refractivity contribution in [2.75, 3.05) is 33.2 Å². The Morgan fingerprint density at radius 2 is 1.95 bits per heavy atom. The summed E-state index contributed by atoms with van der Waals surface area (Å²) in [4.78, 5) is 25.1. The van der Waals surface area contributed by atoms with Crippen molar-refractivity contribution in [3.05, 3.63) is 0 Å². The molecule has 0 radical (unpaired) electrons. The number of carbonyl (C=O) groups is 2. The Morgan fingerprint density at radius 1 is 1.32 bits per heavy atom. The molecule has 0 aromatic carbocycles. The largest absolute Gasteiger partial charge is 0.341 e. The van der Waals surface area contributed by atoms with Gasteiger partial charge in [-0.15, -0.1) is 0 Å². The maximum Gasteiger partial charge on any atom is 0.321 e. The number of rotatable bonds is 5. The molecule has 1 aliphatic rings. The smallest absolute Gasteiger partial charge is 0.321 e. The van der Waals surface area contributed by atoms with Gasteiger partial charge in [-0.1, -0.05) is 6.92 Å². The van der Waals surface area contributed by atoms with E-state index in [0.717, 1.165) is 26.2 Å². The summed E-state index contributed by atoms with van der Waals surface area (Å²) in [5.74, 6) is 0.336. The van der Waals surface area contributed by atoms with Crippen molar-refractivity contribution in [3.8, 4) is 0 Å². The van der Waals surface area contributed by atoms with E-state index in [1.165, 1.54) is 19.9 Å². The van der Waals surface area contributed by atoms with E-state index in [4.69, 9.17) is 0 Å². The fourth-order valence-electron chi connectivity index (χ4n) is 2.23. The number of hydrogen-bond donors (Lipinski definition) is 3. The molecule has 6 nitrogen and oxygen atoms in total. The lowest BCUT2D eigenvalue weighted by atomic mass is 9.96. The third kappa shape index (κ3) is 5.57. The first-order valence-corrected chi connectivity index (χ1v) is 7.05. The molecule has 1 rings (SSSR count). The number of likely N-dealkylation sites (tertiary alicyclic amines) is 1. The maximum atomic E-state index is 11.6. The monoisotopic (exact) mass is 270 g/mol. The summed E-state index contributed by atoms with van der Waals surface area (Å²) >= 11 is 0. The molecule has 1 heterocycles. The van der Waals surface area contributed by atoms with E-state index in [1.54, 1.807) is 6.92 Å². The van der Waals surface area contributed by atoms with Gasteiger partial charge in [0.25, 0.3) is 0 Å². The van der Waals surface area contributed by atoms with Crippen molar-refractivity contribution in [2.24, 2.45) is 5.92 Å². The molecule has 3 amide bonds. The normalized spacial score (nSPS) is 18.9. The summed E-state index contributed by atoms with van der Waals surface area (Å²) in [5, 5.41) is 7.84. The van der Waals surface area contributed by atoms with Crippen LogP contribution in [0.2, 0.25) is 0 Å². The van der Waals surface area contributed by atoms with Crippen LogP contribution in [-0.2, 0) is 4.79 Å². The molecule has 1 aliphatic heterocycles. The van der Waals surface area contributed by atoms with E-state index in [0.29, 0.717) is 5.92 Å². The fourth-order valence-corrected chi connectivity index (χ4v) is 2.23. The first-order chi connectivity index (χ1) is 9.06. The maximum absolute atomic E-state index is 11.6. The van der Waals surface area contributed by atoms with Gasteiger partial charge in [0.2, 0.25) is 5.91 Å². The first-order valence-electron chi connectivity index (χ1n) is 7.05. The summed E-state index contributed by atoms with van der Waals surface area (Å²) in [7, 11) is 1.49. The zero-order valence-corrected chi connectivity index (χ0v) is 12.2. The molecular formula is C13H26N4O2. The SMILES string of the molecule is CCN1CCC(CNC(C)C(=O)NC(=O)NC)CC1. The van der Waals surface area contributed by atoms with Crippen LogP contribution in [-0.4, -0.2) is 56.1 Å². The molecule has 0 saturated carbocycles. The van der Waals surface area contributed by atoms with Crippen molar-refractivity contribution in [1.29, 1.82) is 0 Å². The molecular weight excluding hydrogens is 244 g/mol. The number of urea groups is 1. The van der Waals surface area contributed by atoms with Gasteiger partial charge in [0.05, 0.1) is 6.04 Å². The van der Waals surface area contributed by atoms with Crippen LogP contribution in [0.4, 0.5) is 4.79 Å². The fraction of sp³-hybridized carbons (Fsp3) is 0.846. The number of nitrogens with zero attached hydrogens (tertiary/aromatic N) is 1. The third-order valence-electron chi connectivity index (χ3n) is 3.72. The summed E-state index contributed by atoms with van der Waals surface area (Å²) < 4.78 is 0. The molecule has 1 saturated heterocycles. The minimum atomic E-state index is -0.463. The number of carbonyl (C=O) groups excluding carboxylic acids is 2. The van der Waals surface area contributed by atoms with Crippen LogP contribution < -0.4 is 16.0 Å². The van der Waals surface area contributed by atoms with Gasteiger partial charge in [-0.2, -0.15) is 0 Å². The second kappa shape index (κ2) is 8.12. The Morgan fingerprint density at radius 3 is 2.47 bits per heavy atom. The van der Waals surface area contributed by atoms with Crippen LogP contribution in [0.5, 0.6) is 0 Å². The van der Waals surface area contributed by atoms with Crippen molar-refractivity contribution in [2.45, 2.75) is 32.7 Å². The number of nitrogens with one attached hydrogen (secondary N) is 3. The molecule has 19 heavy (non-hydrogen) atoms. The Balaban J connectivity index is 2.21. The van der Waals surface area contributed by atoms with Gasteiger partial charge in [0.1, 0.15) is 0 Å². The van der Waals surface area contributed by atoms with Gasteiger partial charge in [-0.25, -0.2) is 4.79 Å². The molecule has 0 spiro atoms. The lowest BCUT2D eigenvalue weighted by Gasteiger charge is -2.31. The molecule has 6 heteroatoms. The van der Waals surface area contributed by atoms with Crippen LogP contribution in [0, 0.1) is 5.92 Å². The lowest BCUT2D eigenvalue weighted by molar-refractivity contribution is -0.121. The van der Waals surface area contributed by atoms with E-state index in [9.17, 15) is 9.59 Å². The number of hydrogen-bond acceptors (Lipinski definition) is 4. The molecule has 0 aliphatic carbocycles. The van der Waals surface area contributed by atoms with Crippen LogP contribution >= 0.6 is 0 Å². The van der Waals surface area contributed by atoms with Gasteiger partial charge in [0.15, 0.2) is 0 Å². The quantitative estimate of drug-likeness (QED) is 0.665. The van der Waals surface area contributed by atoms with Gasteiger partial charge >= 0.3 is 6.03 Å². The van der Waals surface area contributed by atoms with Crippen LogP contribution in [0.15, 0.2) is 0 Å². The highest BCUT2D eigenvalue weighted by atomic mass is 16.2. The third-order valence-corrected chi connectivity index (χ3v) is 3.72. The average molecular weight is 270 g/mol. The van der Waals surface area contributed by atoms with E-state index >= 15 is 0 Å². The Hall–Kier alpha value is -1.14. The van der Waals surface area contributed by atoms with Crippen LogP contribution in [0.1, 0.15) is 26.7 Å². The van der Waals surface area contributed by atoms with Crippen LogP contribution in [0.3, 0.4) is 0 Å². The van der Waals surface area contributed by atoms with Gasteiger partial charge < -0.3 is 15.5 Å². The van der Waals surface area contributed by atoms with Crippen molar-refractivity contribution < 1.29 is 9.59 Å². The minimum absolute atomic E-state index is 0.287. The number of amides is 3. The molecule has 1 atom stereocenters. The molecule has 0 bridgehead atoms. The van der Waals surface area contributed by atoms with Crippen molar-refractivity contribution >= 4 is 11.9 Å². The summed E-state index contributed by atoms with van der Waals surface area (Å²) in [6, 6.07) is -0.809. The standard InChI is InChI=1S/C13H26N4O2/c1-4-17-7-5-11(6-8-17)9-15-10(2)12(18)16-13(19)14-3/h10-11,15H,4-9H2,1-3H3,(H2,14,16,18,19). The average Bonchev–Trinajstić information content (AvgIpc) is 2.44. The predicted molar refractivity (Wildman–Crippen MR) is 74.9 cm³/mol.